The average Bonchev–Trinajstić information content (AvgIpc) is 3.36. The van der Waals surface area contributed by atoms with E-state index in [9.17, 15) is 10.2 Å². The Hall–Kier alpha value is -2.92. The summed E-state index contributed by atoms with van der Waals surface area (Å²) >= 11 is 0. The molecule has 29 heavy (non-hydrogen) atoms. The highest BCUT2D eigenvalue weighted by molar-refractivity contribution is 5.59. The Morgan fingerprint density at radius 1 is 1.31 bits per heavy atom. The van der Waals surface area contributed by atoms with Gasteiger partial charge in [-0.2, -0.15) is 0 Å². The number of hydrogen-bond donors (Lipinski definition) is 3. The zero-order valence-electron chi connectivity index (χ0n) is 16.2. The van der Waals surface area contributed by atoms with Gasteiger partial charge in [0.05, 0.1) is 12.1 Å². The molecular formula is C22H24N4O3. The fourth-order valence-corrected chi connectivity index (χ4v) is 3.48. The van der Waals surface area contributed by atoms with E-state index in [4.69, 9.17) is 10.3 Å². The van der Waals surface area contributed by atoms with Gasteiger partial charge in [0, 0.05) is 42.0 Å². The summed E-state index contributed by atoms with van der Waals surface area (Å²) < 4.78 is 7.36. The molecule has 4 N–H and O–H groups in total. The lowest BCUT2D eigenvalue weighted by molar-refractivity contribution is 0.0666. The van der Waals surface area contributed by atoms with Crippen molar-refractivity contribution in [1.82, 2.24) is 14.7 Å². The molecule has 1 aliphatic rings. The molecule has 0 amide bonds. The lowest BCUT2D eigenvalue weighted by atomic mass is 9.83. The Morgan fingerprint density at radius 2 is 2.07 bits per heavy atom. The van der Waals surface area contributed by atoms with E-state index in [1.807, 2.05) is 34.9 Å². The number of imidazole rings is 1. The zero-order valence-corrected chi connectivity index (χ0v) is 16.2. The number of rotatable bonds is 5. The van der Waals surface area contributed by atoms with E-state index in [2.05, 4.69) is 22.0 Å². The fourth-order valence-electron chi connectivity index (χ4n) is 3.48. The lowest BCUT2D eigenvalue weighted by Gasteiger charge is -2.26. The molecule has 0 saturated heterocycles. The van der Waals surface area contributed by atoms with Crippen molar-refractivity contribution in [2.45, 2.75) is 38.0 Å². The van der Waals surface area contributed by atoms with Crippen LogP contribution in [0.3, 0.4) is 0 Å². The normalized spacial score (nSPS) is 20.4. The summed E-state index contributed by atoms with van der Waals surface area (Å²) in [5, 5.41) is 23.4. The van der Waals surface area contributed by atoms with Gasteiger partial charge in [-0.1, -0.05) is 17.0 Å². The Kier molecular flexibility index (Phi) is 5.49. The van der Waals surface area contributed by atoms with Crippen molar-refractivity contribution in [1.29, 1.82) is 0 Å². The Morgan fingerprint density at radius 3 is 2.72 bits per heavy atom. The smallest absolute Gasteiger partial charge is 0.167 e. The Balaban J connectivity index is 1.51. The van der Waals surface area contributed by atoms with Gasteiger partial charge in [0.1, 0.15) is 17.6 Å². The summed E-state index contributed by atoms with van der Waals surface area (Å²) in [5.41, 5.74) is 8.47. The first kappa shape index (κ1) is 19.4. The quantitative estimate of drug-likeness (QED) is 0.575. The second-order valence-corrected chi connectivity index (χ2v) is 7.41. The maximum Gasteiger partial charge on any atom is 0.167 e. The number of aromatic nitrogens is 3. The highest BCUT2D eigenvalue weighted by Gasteiger charge is 2.25. The third kappa shape index (κ3) is 4.10. The van der Waals surface area contributed by atoms with Crippen LogP contribution < -0.4 is 5.73 Å². The van der Waals surface area contributed by atoms with Gasteiger partial charge >= 0.3 is 0 Å². The predicted octanol–water partition coefficient (Wildman–Crippen LogP) is 2.26. The topological polar surface area (TPSA) is 110 Å². The third-order valence-electron chi connectivity index (χ3n) is 5.20. The minimum Gasteiger partial charge on any atom is -0.393 e. The van der Waals surface area contributed by atoms with Crippen LogP contribution in [0.1, 0.15) is 49.0 Å². The maximum absolute atomic E-state index is 9.91. The van der Waals surface area contributed by atoms with E-state index in [-0.39, 0.29) is 12.1 Å². The zero-order chi connectivity index (χ0) is 20.4. The first-order chi connectivity index (χ1) is 14.0. The van der Waals surface area contributed by atoms with Crippen molar-refractivity contribution in [3.8, 4) is 23.2 Å². The minimum atomic E-state index is -0.706. The van der Waals surface area contributed by atoms with Crippen molar-refractivity contribution in [3.63, 3.8) is 0 Å². The van der Waals surface area contributed by atoms with E-state index < -0.39 is 6.10 Å². The highest BCUT2D eigenvalue weighted by atomic mass is 16.5. The second kappa shape index (κ2) is 8.21. The van der Waals surface area contributed by atoms with Crippen molar-refractivity contribution >= 4 is 0 Å². The minimum absolute atomic E-state index is 0.186. The standard InChI is InChI=1S/C22H24N4O3/c1-14(27)22-24-8-9-26(22)20(13-23)19-12-21(29-25-19)17-6-4-15(5-7-17)2-3-16-10-18(28)11-16/h4-9,12,14,16,18,20,27-28H,10-11,13,23H2,1H3/t14-,16-,18-,20+/m0/s1. The molecular weight excluding hydrogens is 368 g/mol. The molecule has 1 saturated carbocycles. The summed E-state index contributed by atoms with van der Waals surface area (Å²) in [5.74, 6) is 7.82. The molecule has 4 rings (SSSR count). The van der Waals surface area contributed by atoms with Gasteiger partial charge in [0.2, 0.25) is 0 Å². The van der Waals surface area contributed by atoms with Crippen LogP contribution in [0.4, 0.5) is 0 Å². The van der Waals surface area contributed by atoms with Crippen LogP contribution in [-0.4, -0.2) is 37.6 Å². The van der Waals surface area contributed by atoms with E-state index >= 15 is 0 Å². The predicted molar refractivity (Wildman–Crippen MR) is 108 cm³/mol. The molecule has 1 fully saturated rings. The summed E-state index contributed by atoms with van der Waals surface area (Å²) in [4.78, 5) is 4.20. The van der Waals surface area contributed by atoms with Crippen LogP contribution in [0.2, 0.25) is 0 Å². The molecule has 0 radical (unpaired) electrons. The van der Waals surface area contributed by atoms with Crippen LogP contribution in [0, 0.1) is 17.8 Å². The largest absolute Gasteiger partial charge is 0.393 e. The van der Waals surface area contributed by atoms with Gasteiger partial charge < -0.3 is 25.0 Å². The molecule has 0 bridgehead atoms. The van der Waals surface area contributed by atoms with E-state index in [1.165, 1.54) is 0 Å². The molecule has 0 spiro atoms. The van der Waals surface area contributed by atoms with Crippen LogP contribution in [0.5, 0.6) is 0 Å². The van der Waals surface area contributed by atoms with E-state index in [1.54, 1.807) is 19.3 Å². The lowest BCUT2D eigenvalue weighted by Crippen LogP contribution is -2.26. The van der Waals surface area contributed by atoms with Gasteiger partial charge in [0.15, 0.2) is 5.76 Å². The molecule has 0 aliphatic heterocycles. The average molecular weight is 392 g/mol. The summed E-state index contributed by atoms with van der Waals surface area (Å²) in [6, 6.07) is 9.37. The molecule has 2 aromatic heterocycles. The maximum atomic E-state index is 9.91. The number of nitrogens with two attached hydrogens (primary N) is 1. The van der Waals surface area contributed by atoms with Crippen molar-refractivity contribution < 1.29 is 14.7 Å². The molecule has 3 aromatic rings. The molecule has 7 nitrogen and oxygen atoms in total. The van der Waals surface area contributed by atoms with Crippen molar-refractivity contribution in [2.24, 2.45) is 11.7 Å². The number of benzene rings is 1. The molecule has 2 atom stereocenters. The van der Waals surface area contributed by atoms with Crippen LogP contribution in [0.25, 0.3) is 11.3 Å². The summed E-state index contributed by atoms with van der Waals surface area (Å²) in [6.45, 7) is 1.96. The number of aliphatic hydroxyl groups is 2. The van der Waals surface area contributed by atoms with Gasteiger partial charge in [0.25, 0.3) is 0 Å². The summed E-state index contributed by atoms with van der Waals surface area (Å²) in [7, 11) is 0. The number of nitrogens with zero attached hydrogens (tertiary/aromatic N) is 3. The first-order valence-corrected chi connectivity index (χ1v) is 9.72. The first-order valence-electron chi connectivity index (χ1n) is 9.72. The molecule has 150 valence electrons. The van der Waals surface area contributed by atoms with Crippen LogP contribution in [-0.2, 0) is 0 Å². The van der Waals surface area contributed by atoms with Crippen LogP contribution >= 0.6 is 0 Å². The second-order valence-electron chi connectivity index (χ2n) is 7.41. The fraction of sp³-hybridized carbons (Fsp3) is 0.364. The molecule has 0 unspecified atom stereocenters. The third-order valence-corrected chi connectivity index (χ3v) is 5.20. The van der Waals surface area contributed by atoms with Crippen LogP contribution in [0.15, 0.2) is 47.2 Å². The van der Waals surface area contributed by atoms with E-state index in [0.717, 1.165) is 24.0 Å². The van der Waals surface area contributed by atoms with E-state index in [0.29, 0.717) is 29.7 Å². The molecule has 1 aliphatic carbocycles. The van der Waals surface area contributed by atoms with Gasteiger partial charge in [-0.05, 0) is 44.0 Å². The van der Waals surface area contributed by atoms with Crippen molar-refractivity contribution in [2.75, 3.05) is 6.54 Å². The molecule has 1 aromatic carbocycles. The Labute approximate surface area is 169 Å². The van der Waals surface area contributed by atoms with Crippen molar-refractivity contribution in [3.05, 3.63) is 59.8 Å². The molecule has 2 heterocycles. The number of hydrogen-bond acceptors (Lipinski definition) is 6. The van der Waals surface area contributed by atoms with Gasteiger partial charge in [-0.15, -0.1) is 0 Å². The SMILES string of the molecule is C[C@H](O)c1nccn1[C@H](CN)c1cc(-c2ccc(C#C[C@H]3C[C@H](O)C3)cc2)on1. The summed E-state index contributed by atoms with van der Waals surface area (Å²) in [6.07, 6.45) is 4.05. The molecule has 7 heteroatoms. The number of aliphatic hydroxyl groups excluding tert-OH is 2. The van der Waals surface area contributed by atoms with Gasteiger partial charge in [-0.3, -0.25) is 0 Å². The Bertz CT molecular complexity index is 1020. The highest BCUT2D eigenvalue weighted by Crippen LogP contribution is 2.28. The monoisotopic (exact) mass is 392 g/mol. The van der Waals surface area contributed by atoms with Gasteiger partial charge in [-0.25, -0.2) is 4.98 Å².